The maximum Gasteiger partial charge on any atom is 0.160 e. The molecule has 2 aliphatic rings. The Balaban J connectivity index is 1.42. The standard InChI is InChI=1S/C25H25ClN4O2/c1-15-6-7-19(22(26)10-15)11-20-14-31-30-25(28-20)24-16(2)29-27-13-23(24)32-21-5-3-4-18(12-21)17-8-9-17/h3-7,10,12-13,17,20H,8-9,11,14H2,1-2H3,(H,28,30). The Morgan fingerprint density at radius 3 is 2.84 bits per heavy atom. The number of rotatable bonds is 6. The smallest absolute Gasteiger partial charge is 0.160 e. The highest BCUT2D eigenvalue weighted by molar-refractivity contribution is 6.31. The first-order chi connectivity index (χ1) is 15.6. The molecule has 1 fully saturated rings. The monoisotopic (exact) mass is 448 g/mol. The van der Waals surface area contributed by atoms with E-state index >= 15 is 0 Å². The van der Waals surface area contributed by atoms with Crippen LogP contribution in [0.2, 0.25) is 5.02 Å². The fraction of sp³-hybridized carbons (Fsp3) is 0.320. The summed E-state index contributed by atoms with van der Waals surface area (Å²) < 4.78 is 6.25. The molecule has 0 radical (unpaired) electrons. The van der Waals surface area contributed by atoms with Crippen LogP contribution in [0.4, 0.5) is 0 Å². The Morgan fingerprint density at radius 1 is 1.16 bits per heavy atom. The lowest BCUT2D eigenvalue weighted by molar-refractivity contribution is 0.0623. The van der Waals surface area contributed by atoms with Crippen LogP contribution in [0.15, 0.2) is 53.7 Å². The number of halogens is 1. The van der Waals surface area contributed by atoms with Gasteiger partial charge < -0.3 is 4.74 Å². The largest absolute Gasteiger partial charge is 0.455 e. The molecule has 1 aliphatic carbocycles. The van der Waals surface area contributed by atoms with E-state index < -0.39 is 0 Å². The first-order valence-electron chi connectivity index (χ1n) is 10.9. The lowest BCUT2D eigenvalue weighted by Crippen LogP contribution is -2.37. The van der Waals surface area contributed by atoms with Gasteiger partial charge in [0.15, 0.2) is 11.6 Å². The summed E-state index contributed by atoms with van der Waals surface area (Å²) in [5.41, 5.74) is 7.91. The van der Waals surface area contributed by atoms with Gasteiger partial charge in [-0.2, -0.15) is 10.2 Å². The van der Waals surface area contributed by atoms with Crippen LogP contribution in [0.3, 0.4) is 0 Å². The minimum atomic E-state index is -0.0786. The van der Waals surface area contributed by atoms with Crippen LogP contribution in [-0.2, 0) is 11.3 Å². The molecule has 7 heteroatoms. The molecule has 0 amide bonds. The third-order valence-electron chi connectivity index (χ3n) is 5.78. The first kappa shape index (κ1) is 20.9. The molecular weight excluding hydrogens is 424 g/mol. The average Bonchev–Trinajstić information content (AvgIpc) is 3.62. The number of hydrogen-bond donors (Lipinski definition) is 1. The number of nitrogens with one attached hydrogen (secondary N) is 1. The Labute approximate surface area is 192 Å². The number of aromatic nitrogens is 2. The molecule has 1 saturated carbocycles. The van der Waals surface area contributed by atoms with Crippen LogP contribution in [0.25, 0.3) is 0 Å². The van der Waals surface area contributed by atoms with E-state index in [1.165, 1.54) is 18.4 Å². The molecule has 1 aromatic heterocycles. The quantitative estimate of drug-likeness (QED) is 0.553. The van der Waals surface area contributed by atoms with Gasteiger partial charge in [-0.25, -0.2) is 5.48 Å². The number of ether oxygens (including phenoxy) is 1. The summed E-state index contributed by atoms with van der Waals surface area (Å²) in [6, 6.07) is 14.3. The normalized spacial score (nSPS) is 18.1. The molecule has 3 aromatic rings. The fourth-order valence-corrected chi connectivity index (χ4v) is 4.26. The van der Waals surface area contributed by atoms with Crippen LogP contribution in [-0.4, -0.2) is 28.7 Å². The van der Waals surface area contributed by atoms with Crippen molar-refractivity contribution in [2.45, 2.75) is 45.1 Å². The van der Waals surface area contributed by atoms with Crippen molar-refractivity contribution in [1.82, 2.24) is 15.7 Å². The van der Waals surface area contributed by atoms with E-state index in [1.54, 1.807) is 6.20 Å². The molecule has 5 rings (SSSR count). The van der Waals surface area contributed by atoms with Crippen molar-refractivity contribution in [3.63, 3.8) is 0 Å². The molecule has 6 nitrogen and oxygen atoms in total. The molecule has 1 aliphatic heterocycles. The van der Waals surface area contributed by atoms with Crippen LogP contribution in [0.5, 0.6) is 11.5 Å². The van der Waals surface area contributed by atoms with Crippen molar-refractivity contribution in [3.05, 3.63) is 81.6 Å². The van der Waals surface area contributed by atoms with E-state index in [4.69, 9.17) is 26.2 Å². The number of benzene rings is 2. The Hall–Kier alpha value is -2.96. The van der Waals surface area contributed by atoms with E-state index in [9.17, 15) is 0 Å². The van der Waals surface area contributed by atoms with Gasteiger partial charge in [0.1, 0.15) is 5.75 Å². The minimum Gasteiger partial charge on any atom is -0.455 e. The molecule has 0 bridgehead atoms. The highest BCUT2D eigenvalue weighted by Crippen LogP contribution is 2.41. The third-order valence-corrected chi connectivity index (χ3v) is 6.13. The van der Waals surface area contributed by atoms with Gasteiger partial charge in [-0.3, -0.25) is 9.83 Å². The van der Waals surface area contributed by atoms with Crippen LogP contribution < -0.4 is 10.2 Å². The first-order valence-corrected chi connectivity index (χ1v) is 11.3. The number of aryl methyl sites for hydroxylation is 2. The molecule has 1 unspecified atom stereocenters. The molecule has 2 aromatic carbocycles. The van der Waals surface area contributed by atoms with Gasteiger partial charge >= 0.3 is 0 Å². The molecule has 0 spiro atoms. The highest BCUT2D eigenvalue weighted by Gasteiger charge is 2.25. The number of hydroxylamine groups is 1. The van der Waals surface area contributed by atoms with E-state index in [-0.39, 0.29) is 6.04 Å². The van der Waals surface area contributed by atoms with Crippen LogP contribution in [0.1, 0.15) is 46.7 Å². The van der Waals surface area contributed by atoms with Gasteiger partial charge in [-0.15, -0.1) is 0 Å². The molecule has 0 saturated heterocycles. The van der Waals surface area contributed by atoms with E-state index in [0.717, 1.165) is 27.5 Å². The maximum absolute atomic E-state index is 6.44. The number of nitrogens with zero attached hydrogens (tertiary/aromatic N) is 3. The lowest BCUT2D eigenvalue weighted by atomic mass is 10.0. The van der Waals surface area contributed by atoms with E-state index in [0.29, 0.717) is 36.2 Å². The second kappa shape index (κ2) is 8.88. The SMILES string of the molecule is Cc1ccc(CC2CONC(c3c(Oc4cccc(C5CC5)c4)cnnc3C)=N2)c(Cl)c1. The summed E-state index contributed by atoms with van der Waals surface area (Å²) in [6.07, 6.45) is 4.79. The van der Waals surface area contributed by atoms with Gasteiger partial charge in [0.05, 0.1) is 30.1 Å². The summed E-state index contributed by atoms with van der Waals surface area (Å²) in [7, 11) is 0. The highest BCUT2D eigenvalue weighted by atomic mass is 35.5. The van der Waals surface area contributed by atoms with E-state index in [2.05, 4.69) is 39.9 Å². The Kier molecular flexibility index (Phi) is 5.81. The number of amidine groups is 1. The lowest BCUT2D eigenvalue weighted by Gasteiger charge is -2.24. The zero-order valence-electron chi connectivity index (χ0n) is 18.1. The number of hydrogen-bond acceptors (Lipinski definition) is 6. The second-order valence-corrected chi connectivity index (χ2v) is 8.87. The number of aliphatic imine (C=N–C) groups is 1. The summed E-state index contributed by atoms with van der Waals surface area (Å²) >= 11 is 6.44. The van der Waals surface area contributed by atoms with Crippen molar-refractivity contribution in [3.8, 4) is 11.5 Å². The summed E-state index contributed by atoms with van der Waals surface area (Å²) in [6.45, 7) is 4.37. The zero-order valence-corrected chi connectivity index (χ0v) is 18.9. The molecule has 32 heavy (non-hydrogen) atoms. The predicted molar refractivity (Wildman–Crippen MR) is 125 cm³/mol. The van der Waals surface area contributed by atoms with Gasteiger partial charge in [-0.05, 0) is 73.9 Å². The van der Waals surface area contributed by atoms with Crippen molar-refractivity contribution < 1.29 is 9.57 Å². The molecule has 1 atom stereocenters. The van der Waals surface area contributed by atoms with Gasteiger partial charge in [0, 0.05) is 5.02 Å². The molecule has 1 N–H and O–H groups in total. The van der Waals surface area contributed by atoms with Gasteiger partial charge in [0.25, 0.3) is 0 Å². The van der Waals surface area contributed by atoms with Crippen molar-refractivity contribution in [1.29, 1.82) is 0 Å². The van der Waals surface area contributed by atoms with Gasteiger partial charge in [0.2, 0.25) is 0 Å². The maximum atomic E-state index is 6.44. The summed E-state index contributed by atoms with van der Waals surface area (Å²) in [5.74, 6) is 2.62. The molecule has 2 heterocycles. The molecule has 164 valence electrons. The minimum absolute atomic E-state index is 0.0786. The van der Waals surface area contributed by atoms with Crippen molar-refractivity contribution >= 4 is 17.4 Å². The van der Waals surface area contributed by atoms with Crippen LogP contribution in [0, 0.1) is 13.8 Å². The van der Waals surface area contributed by atoms with Crippen molar-refractivity contribution in [2.24, 2.45) is 4.99 Å². The zero-order chi connectivity index (χ0) is 22.1. The summed E-state index contributed by atoms with van der Waals surface area (Å²) in [4.78, 5) is 10.6. The van der Waals surface area contributed by atoms with Gasteiger partial charge in [-0.1, -0.05) is 35.9 Å². The second-order valence-electron chi connectivity index (χ2n) is 8.46. The Bertz CT molecular complexity index is 1180. The van der Waals surface area contributed by atoms with Crippen molar-refractivity contribution in [2.75, 3.05) is 6.61 Å². The fourth-order valence-electron chi connectivity index (χ4n) is 3.95. The topological polar surface area (TPSA) is 68.6 Å². The van der Waals surface area contributed by atoms with Crippen LogP contribution >= 0.6 is 11.6 Å². The third kappa shape index (κ3) is 4.61. The Morgan fingerprint density at radius 2 is 2.03 bits per heavy atom. The predicted octanol–water partition coefficient (Wildman–Crippen LogP) is 5.31. The molecular formula is C25H25ClN4O2. The summed E-state index contributed by atoms with van der Waals surface area (Å²) in [5, 5.41) is 9.07. The average molecular weight is 449 g/mol. The van der Waals surface area contributed by atoms with E-state index in [1.807, 2.05) is 32.0 Å².